The van der Waals surface area contributed by atoms with E-state index >= 15 is 0 Å². The molecule has 6 rings (SSSR count). The molecule has 0 aliphatic heterocycles. The van der Waals surface area contributed by atoms with Gasteiger partial charge in [-0.1, -0.05) is 46.6 Å². The van der Waals surface area contributed by atoms with Gasteiger partial charge in [0.25, 0.3) is 0 Å². The SMILES string of the molecule is CC1(C(=O)NC(=O)[C@@]2(C)CCC[C@]3(C)c4cc(N)c(O)cc4CC[C@@H]23)CCCC2(C)c3cc(O)ccc3CCC12. The van der Waals surface area contributed by atoms with E-state index in [2.05, 4.69) is 33.0 Å². The molecule has 4 aliphatic carbocycles. The molecule has 6 heteroatoms. The van der Waals surface area contributed by atoms with Crippen LogP contribution in [0.5, 0.6) is 11.5 Å². The van der Waals surface area contributed by atoms with Gasteiger partial charge in [0, 0.05) is 0 Å². The first-order chi connectivity index (χ1) is 18.8. The van der Waals surface area contributed by atoms with E-state index in [0.29, 0.717) is 5.69 Å². The lowest BCUT2D eigenvalue weighted by atomic mass is 9.49. The Hall–Kier alpha value is -3.02. The number of anilines is 1. The Kier molecular flexibility index (Phi) is 6.11. The summed E-state index contributed by atoms with van der Waals surface area (Å²) in [6.07, 6.45) is 8.63. The van der Waals surface area contributed by atoms with Crippen molar-refractivity contribution in [2.24, 2.45) is 22.7 Å². The number of benzene rings is 2. The number of fused-ring (bicyclic) bond motifs is 6. The van der Waals surface area contributed by atoms with Crippen molar-refractivity contribution in [3.8, 4) is 11.5 Å². The van der Waals surface area contributed by atoms with E-state index in [1.54, 1.807) is 12.1 Å². The van der Waals surface area contributed by atoms with Crippen LogP contribution >= 0.6 is 0 Å². The van der Waals surface area contributed by atoms with Gasteiger partial charge >= 0.3 is 0 Å². The van der Waals surface area contributed by atoms with Gasteiger partial charge in [0.1, 0.15) is 11.5 Å². The van der Waals surface area contributed by atoms with Crippen LogP contribution in [-0.4, -0.2) is 22.0 Å². The maximum absolute atomic E-state index is 14.2. The zero-order valence-corrected chi connectivity index (χ0v) is 24.4. The Morgan fingerprint density at radius 2 is 1.30 bits per heavy atom. The summed E-state index contributed by atoms with van der Waals surface area (Å²) in [5.41, 5.74) is 9.39. The molecule has 6 atom stereocenters. The van der Waals surface area contributed by atoms with Gasteiger partial charge in [-0.3, -0.25) is 14.9 Å². The average molecular weight is 545 g/mol. The Bertz CT molecular complexity index is 1400. The number of nitrogen functional groups attached to an aromatic ring is 1. The molecule has 0 heterocycles. The highest BCUT2D eigenvalue weighted by atomic mass is 16.3. The zero-order valence-electron chi connectivity index (χ0n) is 24.4. The minimum atomic E-state index is -0.674. The summed E-state index contributed by atoms with van der Waals surface area (Å²) in [5.74, 6) is 0.272. The molecular weight excluding hydrogens is 500 g/mol. The number of hydrogen-bond donors (Lipinski definition) is 4. The highest BCUT2D eigenvalue weighted by Gasteiger charge is 2.58. The number of phenols is 2. The summed E-state index contributed by atoms with van der Waals surface area (Å²) in [4.78, 5) is 28.4. The average Bonchev–Trinajstić information content (AvgIpc) is 2.90. The highest BCUT2D eigenvalue weighted by Crippen LogP contribution is 2.60. The van der Waals surface area contributed by atoms with E-state index in [1.165, 1.54) is 5.56 Å². The quantitative estimate of drug-likeness (QED) is 0.209. The number of rotatable bonds is 2. The standard InChI is InChI=1S/C34H44N2O4/c1-31-13-5-15-33(3,27(31)11-8-20-7-10-22(37)18-23(20)31)29(39)36-30(40)34(4)16-6-14-32(2)24-19-25(35)26(38)17-21(24)9-12-28(32)34/h7,10,17-19,27-28,37-38H,5-6,8-9,11-16,35H2,1-4H3,(H,36,39,40)/t27?,28-,31?,32-,33?,34+/m1/s1. The number of hydrogen-bond acceptors (Lipinski definition) is 5. The summed E-state index contributed by atoms with van der Waals surface area (Å²) < 4.78 is 0. The van der Waals surface area contributed by atoms with Crippen molar-refractivity contribution in [1.29, 1.82) is 0 Å². The predicted octanol–water partition coefficient (Wildman–Crippen LogP) is 6.04. The van der Waals surface area contributed by atoms with Crippen molar-refractivity contribution in [2.75, 3.05) is 5.73 Å². The van der Waals surface area contributed by atoms with Gasteiger partial charge in [-0.25, -0.2) is 0 Å². The van der Waals surface area contributed by atoms with Gasteiger partial charge in [0.15, 0.2) is 0 Å². The Labute approximate surface area is 237 Å². The topological polar surface area (TPSA) is 113 Å². The lowest BCUT2D eigenvalue weighted by Crippen LogP contribution is -2.60. The van der Waals surface area contributed by atoms with Crippen LogP contribution in [0.25, 0.3) is 0 Å². The number of nitrogens with one attached hydrogen (secondary N) is 1. The molecule has 6 nitrogen and oxygen atoms in total. The van der Waals surface area contributed by atoms with E-state index in [4.69, 9.17) is 5.73 Å². The molecule has 2 fully saturated rings. The molecule has 0 saturated heterocycles. The maximum atomic E-state index is 14.2. The number of phenolic OH excluding ortho intramolecular Hbond substituents is 2. The molecule has 2 amide bonds. The van der Waals surface area contributed by atoms with Crippen molar-refractivity contribution in [3.05, 3.63) is 52.6 Å². The first-order valence-electron chi connectivity index (χ1n) is 15.1. The Morgan fingerprint density at radius 1 is 0.775 bits per heavy atom. The third-order valence-electron chi connectivity index (χ3n) is 12.1. The predicted molar refractivity (Wildman–Crippen MR) is 156 cm³/mol. The number of amides is 2. The zero-order chi connectivity index (χ0) is 28.7. The van der Waals surface area contributed by atoms with E-state index in [9.17, 15) is 19.8 Å². The number of nitrogens with two attached hydrogens (primary N) is 1. The first kappa shape index (κ1) is 27.2. The van der Waals surface area contributed by atoms with Crippen LogP contribution in [0.15, 0.2) is 30.3 Å². The van der Waals surface area contributed by atoms with Crippen molar-refractivity contribution >= 4 is 17.5 Å². The van der Waals surface area contributed by atoms with Crippen LogP contribution < -0.4 is 11.1 Å². The van der Waals surface area contributed by atoms with Gasteiger partial charge < -0.3 is 15.9 Å². The summed E-state index contributed by atoms with van der Waals surface area (Å²) in [6, 6.07) is 9.39. The van der Waals surface area contributed by atoms with E-state index < -0.39 is 10.8 Å². The first-order valence-corrected chi connectivity index (χ1v) is 15.1. The van der Waals surface area contributed by atoms with E-state index in [0.717, 1.165) is 80.9 Å². The number of carbonyl (C=O) groups is 2. The van der Waals surface area contributed by atoms with Crippen LogP contribution in [0.1, 0.15) is 101 Å². The second-order valence-electron chi connectivity index (χ2n) is 14.3. The molecule has 214 valence electrons. The third-order valence-corrected chi connectivity index (χ3v) is 12.1. The fraction of sp³-hybridized carbons (Fsp3) is 0.588. The van der Waals surface area contributed by atoms with Crippen molar-refractivity contribution in [1.82, 2.24) is 5.32 Å². The van der Waals surface area contributed by atoms with E-state index in [1.807, 2.05) is 18.2 Å². The van der Waals surface area contributed by atoms with Gasteiger partial charge in [-0.05, 0) is 121 Å². The lowest BCUT2D eigenvalue weighted by molar-refractivity contribution is -0.150. The number of aryl methyl sites for hydroxylation is 2. The second-order valence-corrected chi connectivity index (χ2v) is 14.3. The Morgan fingerprint density at radius 3 is 1.88 bits per heavy atom. The molecule has 0 aromatic heterocycles. The van der Waals surface area contributed by atoms with Crippen molar-refractivity contribution in [3.63, 3.8) is 0 Å². The van der Waals surface area contributed by atoms with Gasteiger partial charge in [-0.2, -0.15) is 0 Å². The van der Waals surface area contributed by atoms with Gasteiger partial charge in [0.2, 0.25) is 11.8 Å². The molecule has 0 spiro atoms. The number of carbonyl (C=O) groups excluding carboxylic acids is 2. The van der Waals surface area contributed by atoms with Crippen LogP contribution in [0.3, 0.4) is 0 Å². The summed E-state index contributed by atoms with van der Waals surface area (Å²) in [5, 5.41) is 23.5. The molecule has 3 unspecified atom stereocenters. The molecule has 0 radical (unpaired) electrons. The highest BCUT2D eigenvalue weighted by molar-refractivity contribution is 6.00. The monoisotopic (exact) mass is 544 g/mol. The smallest absolute Gasteiger partial charge is 0.232 e. The normalized spacial score (nSPS) is 36.4. The minimum Gasteiger partial charge on any atom is -0.508 e. The van der Waals surface area contributed by atoms with E-state index in [-0.39, 0.29) is 46.0 Å². The maximum Gasteiger partial charge on any atom is 0.232 e. The lowest BCUT2D eigenvalue weighted by Gasteiger charge is -2.56. The summed E-state index contributed by atoms with van der Waals surface area (Å²) >= 11 is 0. The fourth-order valence-electron chi connectivity index (χ4n) is 9.90. The van der Waals surface area contributed by atoms with Crippen molar-refractivity contribution in [2.45, 2.75) is 103 Å². The van der Waals surface area contributed by atoms with Gasteiger partial charge in [0.05, 0.1) is 16.5 Å². The fourth-order valence-corrected chi connectivity index (χ4v) is 9.90. The molecule has 5 N–H and O–H groups in total. The molecule has 4 aliphatic rings. The summed E-state index contributed by atoms with van der Waals surface area (Å²) in [7, 11) is 0. The molecule has 2 aromatic carbocycles. The Balaban J connectivity index is 1.28. The molecule has 2 aromatic rings. The van der Waals surface area contributed by atoms with Crippen LogP contribution in [0.4, 0.5) is 5.69 Å². The van der Waals surface area contributed by atoms with Crippen LogP contribution in [0.2, 0.25) is 0 Å². The largest absolute Gasteiger partial charge is 0.508 e. The third kappa shape index (κ3) is 3.74. The van der Waals surface area contributed by atoms with Crippen molar-refractivity contribution < 1.29 is 19.8 Å². The second kappa shape index (κ2) is 8.99. The summed E-state index contributed by atoms with van der Waals surface area (Å²) in [6.45, 7) is 8.60. The number of imide groups is 1. The molecule has 2 saturated carbocycles. The molecular formula is C34H44N2O4. The van der Waals surface area contributed by atoms with Crippen LogP contribution in [0, 0.1) is 22.7 Å². The minimum absolute atomic E-state index is 0.0759. The van der Waals surface area contributed by atoms with Gasteiger partial charge in [-0.15, -0.1) is 0 Å². The number of aromatic hydroxyl groups is 2. The molecule has 40 heavy (non-hydrogen) atoms. The van der Waals surface area contributed by atoms with Crippen LogP contribution in [-0.2, 0) is 33.3 Å². The molecule has 0 bridgehead atoms.